The van der Waals surface area contributed by atoms with Gasteiger partial charge in [-0.05, 0) is 29.2 Å². The van der Waals surface area contributed by atoms with E-state index in [1.807, 2.05) is 37.3 Å². The van der Waals surface area contributed by atoms with Crippen LogP contribution in [0.2, 0.25) is 0 Å². The largest absolute Gasteiger partial charge is 0.478 e. The first-order valence-corrected chi connectivity index (χ1v) is 7.35. The van der Waals surface area contributed by atoms with Gasteiger partial charge in [-0.2, -0.15) is 0 Å². The Balaban J connectivity index is 2.08. The van der Waals surface area contributed by atoms with Gasteiger partial charge in [-0.1, -0.05) is 55.5 Å². The Morgan fingerprint density at radius 2 is 1.83 bits per heavy atom. The summed E-state index contributed by atoms with van der Waals surface area (Å²) in [6.45, 7) is 2.08. The summed E-state index contributed by atoms with van der Waals surface area (Å²) in [5.41, 5.74) is 2.35. The summed E-state index contributed by atoms with van der Waals surface area (Å²) in [5.74, 6) is -1.51. The lowest BCUT2D eigenvalue weighted by molar-refractivity contribution is -0.138. The van der Waals surface area contributed by atoms with Gasteiger partial charge >= 0.3 is 11.9 Å². The summed E-state index contributed by atoms with van der Waals surface area (Å²) >= 11 is 0. The number of carboxylic acid groups (broad SMARTS) is 1. The number of benzene rings is 2. The van der Waals surface area contributed by atoms with Gasteiger partial charge in [-0.3, -0.25) is 0 Å². The van der Waals surface area contributed by atoms with E-state index in [4.69, 9.17) is 4.74 Å². The molecule has 0 saturated carbocycles. The lowest BCUT2D eigenvalue weighted by Crippen LogP contribution is -2.05. The molecule has 2 rings (SSSR count). The zero-order chi connectivity index (χ0) is 16.7. The van der Waals surface area contributed by atoms with E-state index in [1.165, 1.54) is 12.2 Å². The van der Waals surface area contributed by atoms with E-state index in [-0.39, 0.29) is 12.2 Å². The number of carbonyl (C=O) groups excluding carboxylic acids is 1. The summed E-state index contributed by atoms with van der Waals surface area (Å²) in [6, 6.07) is 14.6. The minimum atomic E-state index is -1.00. The number of hydrogen-bond donors (Lipinski definition) is 1. The van der Waals surface area contributed by atoms with Crippen LogP contribution in [0.4, 0.5) is 0 Å². The monoisotopic (exact) mass is 310 g/mol. The van der Waals surface area contributed by atoms with Crippen molar-refractivity contribution in [2.45, 2.75) is 20.0 Å². The standard InChI is InChI=1S/C19H18O4/c1-2-15-9-6-10-16(18(15)19(21)22)11-12-17(20)23-13-14-7-4-3-5-8-14/h3-12H,2,13H2,1H3,(H,21,22)/b12-11+. The highest BCUT2D eigenvalue weighted by Crippen LogP contribution is 2.17. The number of rotatable bonds is 6. The lowest BCUT2D eigenvalue weighted by atomic mass is 9.99. The first-order valence-electron chi connectivity index (χ1n) is 7.35. The molecule has 0 spiro atoms. The van der Waals surface area contributed by atoms with E-state index in [2.05, 4.69) is 0 Å². The van der Waals surface area contributed by atoms with Crippen LogP contribution in [0.5, 0.6) is 0 Å². The molecule has 0 aliphatic carbocycles. The van der Waals surface area contributed by atoms with Gasteiger partial charge in [0.1, 0.15) is 6.61 Å². The highest BCUT2D eigenvalue weighted by molar-refractivity contribution is 5.96. The molecule has 0 amide bonds. The average molecular weight is 310 g/mol. The smallest absolute Gasteiger partial charge is 0.336 e. The van der Waals surface area contributed by atoms with Crippen LogP contribution in [0.1, 0.15) is 34.0 Å². The fourth-order valence-corrected chi connectivity index (χ4v) is 2.25. The molecule has 23 heavy (non-hydrogen) atoms. The van der Waals surface area contributed by atoms with Gasteiger partial charge in [0.25, 0.3) is 0 Å². The van der Waals surface area contributed by atoms with Crippen molar-refractivity contribution in [1.82, 2.24) is 0 Å². The van der Waals surface area contributed by atoms with E-state index in [0.29, 0.717) is 12.0 Å². The van der Waals surface area contributed by atoms with Crippen molar-refractivity contribution >= 4 is 18.0 Å². The highest BCUT2D eigenvalue weighted by Gasteiger charge is 2.12. The minimum absolute atomic E-state index is 0.185. The van der Waals surface area contributed by atoms with Crippen molar-refractivity contribution in [2.24, 2.45) is 0 Å². The molecule has 0 atom stereocenters. The third-order valence-electron chi connectivity index (χ3n) is 3.40. The van der Waals surface area contributed by atoms with Gasteiger partial charge in [0.2, 0.25) is 0 Å². The SMILES string of the molecule is CCc1cccc(/C=C/C(=O)OCc2ccccc2)c1C(=O)O. The van der Waals surface area contributed by atoms with Gasteiger partial charge in [0, 0.05) is 6.08 Å². The third-order valence-corrected chi connectivity index (χ3v) is 3.40. The Hall–Kier alpha value is -2.88. The van der Waals surface area contributed by atoms with Gasteiger partial charge in [0.15, 0.2) is 0 Å². The molecular weight excluding hydrogens is 292 g/mol. The first-order chi connectivity index (χ1) is 11.1. The number of esters is 1. The molecule has 4 heteroatoms. The van der Waals surface area contributed by atoms with E-state index in [9.17, 15) is 14.7 Å². The van der Waals surface area contributed by atoms with Crippen LogP contribution in [0.3, 0.4) is 0 Å². The maximum atomic E-state index is 11.8. The third kappa shape index (κ3) is 4.54. The molecule has 0 aliphatic rings. The molecule has 1 N–H and O–H groups in total. The second-order valence-electron chi connectivity index (χ2n) is 4.97. The Kier molecular flexibility index (Phi) is 5.69. The lowest BCUT2D eigenvalue weighted by Gasteiger charge is -2.07. The second-order valence-corrected chi connectivity index (χ2v) is 4.97. The van der Waals surface area contributed by atoms with E-state index >= 15 is 0 Å². The molecule has 0 unspecified atom stereocenters. The number of hydrogen-bond acceptors (Lipinski definition) is 3. The van der Waals surface area contributed by atoms with E-state index in [0.717, 1.165) is 11.1 Å². The average Bonchev–Trinajstić information content (AvgIpc) is 2.58. The number of aryl methyl sites for hydroxylation is 1. The Morgan fingerprint density at radius 1 is 1.09 bits per heavy atom. The van der Waals surface area contributed by atoms with Crippen molar-refractivity contribution in [3.8, 4) is 0 Å². The molecule has 0 heterocycles. The van der Waals surface area contributed by atoms with Crippen LogP contribution < -0.4 is 0 Å². The van der Waals surface area contributed by atoms with Crippen molar-refractivity contribution in [3.63, 3.8) is 0 Å². The van der Waals surface area contributed by atoms with Crippen LogP contribution in [0, 0.1) is 0 Å². The topological polar surface area (TPSA) is 63.6 Å². The van der Waals surface area contributed by atoms with Crippen LogP contribution in [-0.4, -0.2) is 17.0 Å². The zero-order valence-corrected chi connectivity index (χ0v) is 12.9. The summed E-state index contributed by atoms with van der Waals surface area (Å²) in [7, 11) is 0. The highest BCUT2D eigenvalue weighted by atomic mass is 16.5. The minimum Gasteiger partial charge on any atom is -0.478 e. The molecule has 118 valence electrons. The number of carbonyl (C=O) groups is 2. The van der Waals surface area contributed by atoms with Gasteiger partial charge < -0.3 is 9.84 Å². The number of carboxylic acids is 1. The summed E-state index contributed by atoms with van der Waals surface area (Å²) in [5, 5.41) is 9.34. The van der Waals surface area contributed by atoms with Crippen molar-refractivity contribution in [3.05, 3.63) is 76.9 Å². The van der Waals surface area contributed by atoms with Gasteiger partial charge in [-0.15, -0.1) is 0 Å². The molecule has 0 aromatic heterocycles. The van der Waals surface area contributed by atoms with Crippen molar-refractivity contribution < 1.29 is 19.4 Å². The molecule has 0 radical (unpaired) electrons. The maximum Gasteiger partial charge on any atom is 0.336 e. The summed E-state index contributed by atoms with van der Waals surface area (Å²) in [6.07, 6.45) is 3.35. The molecule has 0 bridgehead atoms. The predicted molar refractivity (Wildman–Crippen MR) is 88.1 cm³/mol. The second kappa shape index (κ2) is 7.94. The molecule has 4 nitrogen and oxygen atoms in total. The van der Waals surface area contributed by atoms with Crippen LogP contribution >= 0.6 is 0 Å². The Labute approximate surface area is 135 Å². The van der Waals surface area contributed by atoms with E-state index in [1.54, 1.807) is 18.2 Å². The fourth-order valence-electron chi connectivity index (χ4n) is 2.25. The molecule has 0 fully saturated rings. The molecule has 0 aliphatic heterocycles. The van der Waals surface area contributed by atoms with Crippen molar-refractivity contribution in [1.29, 1.82) is 0 Å². The van der Waals surface area contributed by atoms with Crippen LogP contribution in [0.15, 0.2) is 54.6 Å². The quantitative estimate of drug-likeness (QED) is 0.652. The maximum absolute atomic E-state index is 11.8. The van der Waals surface area contributed by atoms with Crippen LogP contribution in [0.25, 0.3) is 6.08 Å². The normalized spacial score (nSPS) is 10.7. The Morgan fingerprint density at radius 3 is 2.48 bits per heavy atom. The Bertz CT molecular complexity index is 717. The van der Waals surface area contributed by atoms with Crippen LogP contribution in [-0.2, 0) is 22.6 Å². The predicted octanol–water partition coefficient (Wildman–Crippen LogP) is 3.70. The fraction of sp³-hybridized carbons (Fsp3) is 0.158. The van der Waals surface area contributed by atoms with E-state index < -0.39 is 11.9 Å². The first kappa shape index (κ1) is 16.5. The van der Waals surface area contributed by atoms with Gasteiger partial charge in [-0.25, -0.2) is 9.59 Å². The molecular formula is C19H18O4. The molecule has 2 aromatic rings. The molecule has 2 aromatic carbocycles. The zero-order valence-electron chi connectivity index (χ0n) is 12.9. The summed E-state index contributed by atoms with van der Waals surface area (Å²) in [4.78, 5) is 23.2. The summed E-state index contributed by atoms with van der Waals surface area (Å²) < 4.78 is 5.13. The van der Waals surface area contributed by atoms with Gasteiger partial charge in [0.05, 0.1) is 5.56 Å². The number of aromatic carboxylic acids is 1. The molecule has 0 saturated heterocycles. The number of ether oxygens (including phenoxy) is 1. The van der Waals surface area contributed by atoms with Crippen molar-refractivity contribution in [2.75, 3.05) is 0 Å².